The van der Waals surface area contributed by atoms with E-state index in [9.17, 15) is 4.79 Å². The predicted molar refractivity (Wildman–Crippen MR) is 77.9 cm³/mol. The van der Waals surface area contributed by atoms with Crippen LogP contribution in [0.5, 0.6) is 0 Å². The average molecular weight is 275 g/mol. The van der Waals surface area contributed by atoms with E-state index >= 15 is 0 Å². The highest BCUT2D eigenvalue weighted by Gasteiger charge is 2.30. The van der Waals surface area contributed by atoms with E-state index in [1.165, 1.54) is 5.56 Å². The number of amidine groups is 1. The van der Waals surface area contributed by atoms with E-state index in [2.05, 4.69) is 12.1 Å². The number of nitrogens with two attached hydrogens (primary N) is 1. The van der Waals surface area contributed by atoms with Crippen LogP contribution in [0.2, 0.25) is 0 Å². The molecule has 1 aliphatic rings. The minimum atomic E-state index is -0.299. The van der Waals surface area contributed by atoms with Crippen molar-refractivity contribution in [2.45, 2.75) is 38.6 Å². The topological polar surface area (TPSA) is 78.9 Å². The number of hydrogen-bond acceptors (Lipinski definition) is 3. The second kappa shape index (κ2) is 6.41. The van der Waals surface area contributed by atoms with Crippen molar-refractivity contribution in [1.29, 1.82) is 0 Å². The minimum absolute atomic E-state index is 0.0519. The highest BCUT2D eigenvalue weighted by atomic mass is 16.4. The lowest BCUT2D eigenvalue weighted by Gasteiger charge is -2.34. The monoisotopic (exact) mass is 275 g/mol. The molecule has 1 unspecified atom stereocenters. The average Bonchev–Trinajstić information content (AvgIpc) is 2.53. The fraction of sp³-hybridized carbons (Fsp3) is 0.467. The first-order chi connectivity index (χ1) is 9.67. The molecule has 2 rings (SSSR count). The molecule has 0 aromatic heterocycles. The molecule has 1 heterocycles. The third kappa shape index (κ3) is 2.92. The van der Waals surface area contributed by atoms with Crippen molar-refractivity contribution in [1.82, 2.24) is 4.90 Å². The molecule has 1 amide bonds. The molecule has 5 heteroatoms. The van der Waals surface area contributed by atoms with Crippen molar-refractivity contribution in [2.24, 2.45) is 10.9 Å². The van der Waals surface area contributed by atoms with Gasteiger partial charge in [-0.1, -0.05) is 24.2 Å². The van der Waals surface area contributed by atoms with E-state index in [0.29, 0.717) is 12.1 Å². The highest BCUT2D eigenvalue weighted by Crippen LogP contribution is 2.20. The predicted octanol–water partition coefficient (Wildman–Crippen LogP) is 1.99. The van der Waals surface area contributed by atoms with E-state index in [4.69, 9.17) is 10.9 Å². The Labute approximate surface area is 119 Å². The van der Waals surface area contributed by atoms with Crippen molar-refractivity contribution >= 4 is 11.7 Å². The number of piperidine rings is 1. The summed E-state index contributed by atoms with van der Waals surface area (Å²) in [6.07, 6.45) is 3.63. The summed E-state index contributed by atoms with van der Waals surface area (Å²) >= 11 is 0. The molecule has 0 bridgehead atoms. The van der Waals surface area contributed by atoms with Crippen LogP contribution in [-0.4, -0.2) is 34.4 Å². The Kier molecular flexibility index (Phi) is 4.61. The van der Waals surface area contributed by atoms with Crippen LogP contribution in [0.15, 0.2) is 29.4 Å². The Morgan fingerprint density at radius 2 is 2.10 bits per heavy atom. The summed E-state index contributed by atoms with van der Waals surface area (Å²) < 4.78 is 0. The maximum absolute atomic E-state index is 12.6. The van der Waals surface area contributed by atoms with Gasteiger partial charge in [-0.3, -0.25) is 4.79 Å². The summed E-state index contributed by atoms with van der Waals surface area (Å²) in [4.78, 5) is 14.3. The molecule has 1 saturated heterocycles. The van der Waals surface area contributed by atoms with Crippen molar-refractivity contribution in [2.75, 3.05) is 6.54 Å². The summed E-state index contributed by atoms with van der Waals surface area (Å²) in [6.45, 7) is 2.73. The van der Waals surface area contributed by atoms with Gasteiger partial charge in [0.05, 0.1) is 6.04 Å². The van der Waals surface area contributed by atoms with E-state index in [1.807, 2.05) is 24.3 Å². The molecule has 0 spiro atoms. The Morgan fingerprint density at radius 1 is 1.40 bits per heavy atom. The number of amides is 1. The standard InChI is InChI=1S/C15H21N3O2/c1-2-11-6-8-12(9-7-11)15(19)18-10-4-3-5-13(18)14(16)17-20/h6-9,13,20H,2-5,10H2,1H3,(H2,16,17). The number of rotatable bonds is 3. The quantitative estimate of drug-likeness (QED) is 0.383. The van der Waals surface area contributed by atoms with Gasteiger partial charge in [0.2, 0.25) is 0 Å². The van der Waals surface area contributed by atoms with Gasteiger partial charge < -0.3 is 15.8 Å². The van der Waals surface area contributed by atoms with Crippen LogP contribution in [0.25, 0.3) is 0 Å². The van der Waals surface area contributed by atoms with Crippen LogP contribution in [0.3, 0.4) is 0 Å². The van der Waals surface area contributed by atoms with E-state index < -0.39 is 0 Å². The third-order valence-corrected chi connectivity index (χ3v) is 3.83. The number of carbonyl (C=O) groups is 1. The van der Waals surface area contributed by atoms with Crippen molar-refractivity contribution in [3.63, 3.8) is 0 Å². The molecule has 1 aliphatic heterocycles. The summed E-state index contributed by atoms with van der Waals surface area (Å²) in [5.41, 5.74) is 7.56. The molecular formula is C15H21N3O2. The molecule has 0 radical (unpaired) electrons. The number of oxime groups is 1. The molecule has 108 valence electrons. The van der Waals surface area contributed by atoms with Crippen LogP contribution in [0.1, 0.15) is 42.1 Å². The minimum Gasteiger partial charge on any atom is -0.409 e. The van der Waals surface area contributed by atoms with E-state index in [0.717, 1.165) is 25.7 Å². The molecule has 3 N–H and O–H groups in total. The van der Waals surface area contributed by atoms with Crippen LogP contribution < -0.4 is 5.73 Å². The number of hydrogen-bond donors (Lipinski definition) is 2. The normalized spacial score (nSPS) is 19.9. The zero-order chi connectivity index (χ0) is 14.5. The van der Waals surface area contributed by atoms with Gasteiger partial charge in [-0.25, -0.2) is 0 Å². The van der Waals surface area contributed by atoms with Crippen LogP contribution in [0.4, 0.5) is 0 Å². The molecule has 0 saturated carbocycles. The third-order valence-electron chi connectivity index (χ3n) is 3.83. The molecule has 0 aliphatic carbocycles. The van der Waals surface area contributed by atoms with Gasteiger partial charge in [0.1, 0.15) is 0 Å². The molecule has 1 aromatic rings. The lowest BCUT2D eigenvalue weighted by molar-refractivity contribution is 0.0676. The number of aryl methyl sites for hydroxylation is 1. The summed E-state index contributed by atoms with van der Waals surface area (Å²) in [6, 6.07) is 7.33. The largest absolute Gasteiger partial charge is 0.409 e. The van der Waals surface area contributed by atoms with Crippen LogP contribution in [0, 0.1) is 0 Å². The van der Waals surface area contributed by atoms with E-state index in [-0.39, 0.29) is 17.8 Å². The lowest BCUT2D eigenvalue weighted by atomic mass is 9.99. The Balaban J connectivity index is 2.20. The SMILES string of the molecule is CCc1ccc(C(=O)N2CCCCC2C(N)=NO)cc1. The van der Waals surface area contributed by atoms with Crippen molar-refractivity contribution < 1.29 is 10.0 Å². The van der Waals surface area contributed by atoms with Gasteiger partial charge in [-0.05, 0) is 43.4 Å². The van der Waals surface area contributed by atoms with Gasteiger partial charge in [-0.2, -0.15) is 0 Å². The molecule has 1 fully saturated rings. The Morgan fingerprint density at radius 3 is 2.70 bits per heavy atom. The van der Waals surface area contributed by atoms with Gasteiger partial charge >= 0.3 is 0 Å². The molecule has 20 heavy (non-hydrogen) atoms. The van der Waals surface area contributed by atoms with Crippen molar-refractivity contribution in [3.05, 3.63) is 35.4 Å². The van der Waals surface area contributed by atoms with Gasteiger partial charge in [-0.15, -0.1) is 0 Å². The van der Waals surface area contributed by atoms with Crippen molar-refractivity contribution in [3.8, 4) is 0 Å². The lowest BCUT2D eigenvalue weighted by Crippen LogP contribution is -2.50. The Hall–Kier alpha value is -2.04. The molecule has 1 atom stereocenters. The maximum atomic E-state index is 12.6. The number of benzene rings is 1. The molecule has 5 nitrogen and oxygen atoms in total. The second-order valence-corrected chi connectivity index (χ2v) is 5.09. The molecule has 1 aromatic carbocycles. The smallest absolute Gasteiger partial charge is 0.254 e. The molecular weight excluding hydrogens is 254 g/mol. The maximum Gasteiger partial charge on any atom is 0.254 e. The number of nitrogens with zero attached hydrogens (tertiary/aromatic N) is 2. The van der Waals surface area contributed by atoms with Gasteiger partial charge in [0.25, 0.3) is 5.91 Å². The summed E-state index contributed by atoms with van der Waals surface area (Å²) in [5, 5.41) is 11.9. The van der Waals surface area contributed by atoms with Gasteiger partial charge in [0.15, 0.2) is 5.84 Å². The Bertz CT molecular complexity index is 496. The fourth-order valence-corrected chi connectivity index (χ4v) is 2.60. The zero-order valence-electron chi connectivity index (χ0n) is 11.7. The van der Waals surface area contributed by atoms with Crippen LogP contribution >= 0.6 is 0 Å². The van der Waals surface area contributed by atoms with Crippen LogP contribution in [-0.2, 0) is 6.42 Å². The second-order valence-electron chi connectivity index (χ2n) is 5.09. The van der Waals surface area contributed by atoms with E-state index in [1.54, 1.807) is 4.90 Å². The first kappa shape index (κ1) is 14.4. The summed E-state index contributed by atoms with van der Waals surface area (Å²) in [7, 11) is 0. The highest BCUT2D eigenvalue weighted by molar-refractivity contribution is 5.98. The van der Waals surface area contributed by atoms with Gasteiger partial charge in [0, 0.05) is 12.1 Å². The first-order valence-corrected chi connectivity index (χ1v) is 7.04. The number of carbonyl (C=O) groups excluding carboxylic acids is 1. The fourth-order valence-electron chi connectivity index (χ4n) is 2.60. The zero-order valence-corrected chi connectivity index (χ0v) is 11.7. The number of likely N-dealkylation sites (tertiary alicyclic amines) is 1. The summed E-state index contributed by atoms with van der Waals surface area (Å²) in [5.74, 6) is 0.0622. The first-order valence-electron chi connectivity index (χ1n) is 7.04.